The van der Waals surface area contributed by atoms with Gasteiger partial charge in [-0.25, -0.2) is 0 Å². The second-order valence-corrected chi connectivity index (χ2v) is 6.31. The van der Waals surface area contributed by atoms with Crippen LogP contribution >= 0.6 is 27.7 Å². The second-order valence-electron chi connectivity index (χ2n) is 4.26. The minimum absolute atomic E-state index is 0.789. The number of rotatable bonds is 5. The first-order chi connectivity index (χ1) is 8.72. The smallest absolute Gasteiger partial charge is 0.0859 e. The molecule has 2 rings (SSSR count). The fraction of sp³-hybridized carbons (Fsp3) is 0.357. The van der Waals surface area contributed by atoms with Crippen LogP contribution in [0.1, 0.15) is 26.2 Å². The zero-order valence-electron chi connectivity index (χ0n) is 10.4. The molecule has 0 aliphatic carbocycles. The first kappa shape index (κ1) is 13.7. The third-order valence-corrected chi connectivity index (χ3v) is 4.39. The van der Waals surface area contributed by atoms with Gasteiger partial charge in [-0.15, -0.1) is 11.8 Å². The monoisotopic (exact) mass is 324 g/mol. The number of thioether (sulfide) groups is 1. The third kappa shape index (κ3) is 3.18. The quantitative estimate of drug-likeness (QED) is 0.485. The van der Waals surface area contributed by atoms with Crippen LogP contribution in [0, 0.1) is 0 Å². The Morgan fingerprint density at radius 1 is 1.33 bits per heavy atom. The summed E-state index contributed by atoms with van der Waals surface area (Å²) in [5.41, 5.74) is 7.80. The van der Waals surface area contributed by atoms with E-state index in [0.717, 1.165) is 26.8 Å². The molecule has 1 aromatic carbocycles. The van der Waals surface area contributed by atoms with Crippen molar-refractivity contribution in [2.24, 2.45) is 0 Å². The highest BCUT2D eigenvalue weighted by atomic mass is 79.9. The van der Waals surface area contributed by atoms with Gasteiger partial charge in [0.15, 0.2) is 0 Å². The Hall–Kier alpha value is -0.740. The van der Waals surface area contributed by atoms with Crippen molar-refractivity contribution >= 4 is 44.3 Å². The van der Waals surface area contributed by atoms with Crippen molar-refractivity contribution in [2.45, 2.75) is 31.1 Å². The number of hydrogen-bond acceptors (Lipinski definition) is 3. The number of halogens is 1. The predicted molar refractivity (Wildman–Crippen MR) is 84.1 cm³/mol. The number of hydrogen-bond donors (Lipinski definition) is 1. The summed E-state index contributed by atoms with van der Waals surface area (Å²) in [5, 5.41) is 1.03. The van der Waals surface area contributed by atoms with Crippen LogP contribution in [0.4, 0.5) is 5.69 Å². The van der Waals surface area contributed by atoms with Gasteiger partial charge in [0.25, 0.3) is 0 Å². The summed E-state index contributed by atoms with van der Waals surface area (Å²) >= 11 is 5.31. The van der Waals surface area contributed by atoms with Gasteiger partial charge in [-0.1, -0.05) is 19.8 Å². The second kappa shape index (κ2) is 6.43. The summed E-state index contributed by atoms with van der Waals surface area (Å²) in [4.78, 5) is 5.72. The van der Waals surface area contributed by atoms with E-state index in [-0.39, 0.29) is 0 Å². The van der Waals surface area contributed by atoms with Crippen LogP contribution in [0.2, 0.25) is 0 Å². The summed E-state index contributed by atoms with van der Waals surface area (Å²) in [6, 6.07) is 6.08. The molecule has 2 N–H and O–H groups in total. The largest absolute Gasteiger partial charge is 0.398 e. The van der Waals surface area contributed by atoms with Crippen LogP contribution in [0.3, 0.4) is 0 Å². The lowest BCUT2D eigenvalue weighted by molar-refractivity contribution is 0.778. The highest BCUT2D eigenvalue weighted by Gasteiger charge is 2.06. The average molecular weight is 325 g/mol. The number of benzene rings is 1. The molecule has 0 bridgehead atoms. The first-order valence-electron chi connectivity index (χ1n) is 6.19. The maximum atomic E-state index is 6.00. The fourth-order valence-corrected chi connectivity index (χ4v) is 3.20. The van der Waals surface area contributed by atoms with Crippen LogP contribution in [0.15, 0.2) is 33.8 Å². The lowest BCUT2D eigenvalue weighted by Gasteiger charge is -2.08. The van der Waals surface area contributed by atoms with E-state index < -0.39 is 0 Å². The Kier molecular flexibility index (Phi) is 4.89. The van der Waals surface area contributed by atoms with Crippen molar-refractivity contribution in [3.63, 3.8) is 0 Å². The molecule has 0 aliphatic heterocycles. The lowest BCUT2D eigenvalue weighted by atomic mass is 10.2. The minimum atomic E-state index is 0.789. The Labute approximate surface area is 120 Å². The van der Waals surface area contributed by atoms with Crippen LogP contribution in [-0.2, 0) is 0 Å². The fourth-order valence-electron chi connectivity index (χ4n) is 1.84. The van der Waals surface area contributed by atoms with E-state index in [2.05, 4.69) is 33.9 Å². The minimum Gasteiger partial charge on any atom is -0.398 e. The molecule has 0 spiro atoms. The van der Waals surface area contributed by atoms with Crippen molar-refractivity contribution in [3.05, 3.63) is 28.9 Å². The number of anilines is 1. The summed E-state index contributed by atoms with van der Waals surface area (Å²) in [7, 11) is 0. The number of nitrogens with zero attached hydrogens (tertiary/aromatic N) is 1. The van der Waals surface area contributed by atoms with E-state index in [1.807, 2.05) is 30.1 Å². The van der Waals surface area contributed by atoms with Crippen LogP contribution in [-0.4, -0.2) is 10.7 Å². The van der Waals surface area contributed by atoms with Gasteiger partial charge in [-0.05, 0) is 46.3 Å². The number of nitrogen functional groups attached to an aromatic ring is 1. The average Bonchev–Trinajstić information content (AvgIpc) is 2.37. The maximum Gasteiger partial charge on any atom is 0.0859 e. The molecule has 0 saturated heterocycles. The van der Waals surface area contributed by atoms with Crippen LogP contribution in [0.25, 0.3) is 10.9 Å². The van der Waals surface area contributed by atoms with Crippen LogP contribution in [0.5, 0.6) is 0 Å². The van der Waals surface area contributed by atoms with E-state index >= 15 is 0 Å². The Balaban J connectivity index is 2.25. The molecule has 0 unspecified atom stereocenters. The summed E-state index contributed by atoms with van der Waals surface area (Å²) < 4.78 is 0.967. The normalized spacial score (nSPS) is 11.0. The zero-order chi connectivity index (χ0) is 13.0. The van der Waals surface area contributed by atoms with Crippen molar-refractivity contribution in [1.82, 2.24) is 4.98 Å². The first-order valence-corrected chi connectivity index (χ1v) is 7.96. The standard InChI is InChI=1S/C14H17BrN2S/c1-2-3-4-7-18-13-6-5-12(16)11-8-10(15)9-17-14(11)13/h5-6,8-9H,2-4,7,16H2,1H3. The number of unbranched alkanes of at least 4 members (excludes halogenated alkanes) is 2. The zero-order valence-corrected chi connectivity index (χ0v) is 12.9. The number of aromatic nitrogens is 1. The van der Waals surface area contributed by atoms with Gasteiger partial charge in [0.1, 0.15) is 0 Å². The highest BCUT2D eigenvalue weighted by Crippen LogP contribution is 2.32. The van der Waals surface area contributed by atoms with E-state index in [9.17, 15) is 0 Å². The van der Waals surface area contributed by atoms with E-state index in [1.54, 1.807) is 0 Å². The van der Waals surface area contributed by atoms with Crippen molar-refractivity contribution < 1.29 is 0 Å². The van der Waals surface area contributed by atoms with Gasteiger partial charge in [0, 0.05) is 26.6 Å². The van der Waals surface area contributed by atoms with Crippen LogP contribution < -0.4 is 5.73 Å². The molecule has 0 amide bonds. The summed E-state index contributed by atoms with van der Waals surface area (Å²) in [6.45, 7) is 2.22. The molecule has 96 valence electrons. The van der Waals surface area contributed by atoms with Gasteiger partial charge in [-0.2, -0.15) is 0 Å². The number of pyridine rings is 1. The molecule has 0 aliphatic rings. The van der Waals surface area contributed by atoms with Crippen molar-refractivity contribution in [3.8, 4) is 0 Å². The lowest BCUT2D eigenvalue weighted by Crippen LogP contribution is -1.91. The molecular weight excluding hydrogens is 308 g/mol. The summed E-state index contributed by atoms with van der Waals surface area (Å²) in [5.74, 6) is 1.14. The SMILES string of the molecule is CCCCCSc1ccc(N)c2cc(Br)cnc12. The molecule has 1 heterocycles. The molecule has 2 aromatic rings. The van der Waals surface area contributed by atoms with E-state index in [0.29, 0.717) is 0 Å². The molecule has 0 saturated carbocycles. The molecule has 1 aromatic heterocycles. The molecule has 0 radical (unpaired) electrons. The Morgan fingerprint density at radius 3 is 2.94 bits per heavy atom. The molecule has 18 heavy (non-hydrogen) atoms. The molecular formula is C14H17BrN2S. The molecule has 4 heteroatoms. The summed E-state index contributed by atoms with van der Waals surface area (Å²) in [6.07, 6.45) is 5.63. The van der Waals surface area contributed by atoms with Crippen molar-refractivity contribution in [2.75, 3.05) is 11.5 Å². The van der Waals surface area contributed by atoms with Gasteiger partial charge in [0.2, 0.25) is 0 Å². The topological polar surface area (TPSA) is 38.9 Å². The van der Waals surface area contributed by atoms with Gasteiger partial charge in [-0.3, -0.25) is 4.98 Å². The molecule has 0 atom stereocenters. The maximum absolute atomic E-state index is 6.00. The Morgan fingerprint density at radius 2 is 2.17 bits per heavy atom. The number of fused-ring (bicyclic) bond motifs is 1. The molecule has 2 nitrogen and oxygen atoms in total. The van der Waals surface area contributed by atoms with Gasteiger partial charge >= 0.3 is 0 Å². The van der Waals surface area contributed by atoms with Gasteiger partial charge in [0.05, 0.1) is 5.52 Å². The number of nitrogens with two attached hydrogens (primary N) is 1. The van der Waals surface area contributed by atoms with Crippen molar-refractivity contribution in [1.29, 1.82) is 0 Å². The Bertz CT molecular complexity index is 543. The predicted octanol–water partition coefficient (Wildman–Crippen LogP) is 4.86. The third-order valence-electron chi connectivity index (χ3n) is 2.82. The van der Waals surface area contributed by atoms with E-state index in [1.165, 1.54) is 24.2 Å². The van der Waals surface area contributed by atoms with Gasteiger partial charge < -0.3 is 5.73 Å². The highest BCUT2D eigenvalue weighted by molar-refractivity contribution is 9.10. The molecule has 0 fully saturated rings. The van der Waals surface area contributed by atoms with E-state index in [4.69, 9.17) is 5.73 Å².